The molecule has 1 aromatic heterocycles. The van der Waals surface area contributed by atoms with Gasteiger partial charge < -0.3 is 4.74 Å². The predicted molar refractivity (Wildman–Crippen MR) is 113 cm³/mol. The summed E-state index contributed by atoms with van der Waals surface area (Å²) in [6, 6.07) is 17.5. The first-order chi connectivity index (χ1) is 14.1. The third-order valence-electron chi connectivity index (χ3n) is 4.76. The normalized spacial score (nSPS) is 13.1. The second-order valence-electron chi connectivity index (χ2n) is 7.31. The first kappa shape index (κ1) is 18.9. The fourth-order valence-electron chi connectivity index (χ4n) is 3.56. The smallest absolute Gasteiger partial charge is 0.292 e. The molecular weight excluding hydrogens is 364 g/mol. The van der Waals surface area contributed by atoms with Gasteiger partial charge in [-0.05, 0) is 62.9 Å². The van der Waals surface area contributed by atoms with E-state index in [1.165, 1.54) is 0 Å². The number of hydrogen-bond donors (Lipinski definition) is 1. The molecule has 1 aliphatic carbocycles. The maximum absolute atomic E-state index is 12.7. The second kappa shape index (κ2) is 8.31. The maximum Gasteiger partial charge on any atom is 0.292 e. The van der Waals surface area contributed by atoms with Gasteiger partial charge in [0, 0.05) is 11.3 Å². The zero-order chi connectivity index (χ0) is 20.2. The second-order valence-corrected chi connectivity index (χ2v) is 7.31. The molecule has 0 atom stereocenters. The van der Waals surface area contributed by atoms with Crippen molar-refractivity contribution in [1.29, 1.82) is 0 Å². The number of carbonyl (C=O) groups excluding carboxylic acids is 1. The number of amides is 1. The Morgan fingerprint density at radius 3 is 2.79 bits per heavy atom. The molecule has 6 heteroatoms. The van der Waals surface area contributed by atoms with E-state index >= 15 is 0 Å². The number of nitrogens with zero attached hydrogens (tertiary/aromatic N) is 3. The molecule has 2 aromatic carbocycles. The van der Waals surface area contributed by atoms with Gasteiger partial charge in [-0.3, -0.25) is 4.79 Å². The maximum atomic E-state index is 12.7. The molecule has 0 bridgehead atoms. The highest BCUT2D eigenvalue weighted by atomic mass is 16.5. The van der Waals surface area contributed by atoms with E-state index in [1.54, 1.807) is 6.21 Å². The van der Waals surface area contributed by atoms with E-state index in [4.69, 9.17) is 4.74 Å². The molecule has 0 aliphatic heterocycles. The number of benzene rings is 2. The van der Waals surface area contributed by atoms with Gasteiger partial charge in [-0.25, -0.2) is 10.1 Å². The van der Waals surface area contributed by atoms with Gasteiger partial charge in [-0.1, -0.05) is 30.3 Å². The van der Waals surface area contributed by atoms with Crippen LogP contribution in [0.2, 0.25) is 0 Å². The van der Waals surface area contributed by atoms with Crippen LogP contribution in [-0.4, -0.2) is 28.0 Å². The van der Waals surface area contributed by atoms with Gasteiger partial charge in [0.1, 0.15) is 5.75 Å². The quantitative estimate of drug-likeness (QED) is 0.514. The molecule has 148 valence electrons. The zero-order valence-corrected chi connectivity index (χ0v) is 16.6. The van der Waals surface area contributed by atoms with Crippen LogP contribution in [0.4, 0.5) is 0 Å². The summed E-state index contributed by atoms with van der Waals surface area (Å²) in [5, 5.41) is 8.70. The molecule has 0 fully saturated rings. The summed E-state index contributed by atoms with van der Waals surface area (Å²) < 4.78 is 7.57. The van der Waals surface area contributed by atoms with Crippen molar-refractivity contribution in [3.8, 4) is 11.4 Å². The Morgan fingerprint density at radius 2 is 2.00 bits per heavy atom. The first-order valence-electron chi connectivity index (χ1n) is 9.88. The molecule has 0 saturated heterocycles. The third kappa shape index (κ3) is 4.21. The lowest BCUT2D eigenvalue weighted by atomic mass is 10.2. The minimum atomic E-state index is -0.288. The van der Waals surface area contributed by atoms with Crippen LogP contribution < -0.4 is 10.2 Å². The van der Waals surface area contributed by atoms with Crippen molar-refractivity contribution in [1.82, 2.24) is 15.2 Å². The summed E-state index contributed by atoms with van der Waals surface area (Å²) in [6.45, 7) is 3.96. The van der Waals surface area contributed by atoms with Crippen LogP contribution in [0.5, 0.6) is 5.75 Å². The summed E-state index contributed by atoms with van der Waals surface area (Å²) in [5.74, 6) is 0.485. The molecule has 0 radical (unpaired) electrons. The SMILES string of the molecule is CC(C)Oc1cccc(/C=N/NC(=O)c2nn(-c3ccccc3)c3c2CCC3)c1. The monoisotopic (exact) mass is 388 g/mol. The largest absolute Gasteiger partial charge is 0.491 e. The molecule has 0 spiro atoms. The van der Waals surface area contributed by atoms with Crippen LogP contribution in [-0.2, 0) is 12.8 Å². The number of carbonyl (C=O) groups is 1. The summed E-state index contributed by atoms with van der Waals surface area (Å²) in [4.78, 5) is 12.7. The number of hydrazone groups is 1. The number of aromatic nitrogens is 2. The van der Waals surface area contributed by atoms with Crippen molar-refractivity contribution in [3.63, 3.8) is 0 Å². The molecule has 4 rings (SSSR count). The number of nitrogens with one attached hydrogen (secondary N) is 1. The Labute approximate surface area is 170 Å². The van der Waals surface area contributed by atoms with Gasteiger partial charge in [0.05, 0.1) is 18.0 Å². The topological polar surface area (TPSA) is 68.5 Å². The van der Waals surface area contributed by atoms with Crippen molar-refractivity contribution in [2.75, 3.05) is 0 Å². The van der Waals surface area contributed by atoms with E-state index in [9.17, 15) is 4.79 Å². The van der Waals surface area contributed by atoms with E-state index in [0.717, 1.165) is 47.5 Å². The molecule has 1 heterocycles. The molecule has 29 heavy (non-hydrogen) atoms. The summed E-state index contributed by atoms with van der Waals surface area (Å²) in [7, 11) is 0. The summed E-state index contributed by atoms with van der Waals surface area (Å²) in [5.41, 5.74) is 7.03. The van der Waals surface area contributed by atoms with Crippen LogP contribution in [0.25, 0.3) is 5.69 Å². The molecule has 6 nitrogen and oxygen atoms in total. The minimum absolute atomic E-state index is 0.101. The standard InChI is InChI=1S/C23H24N4O2/c1-16(2)29-19-11-6-8-17(14-19)15-24-25-23(28)22-20-12-7-13-21(20)27(26-22)18-9-4-3-5-10-18/h3-6,8-11,14-16H,7,12-13H2,1-2H3,(H,25,28)/b24-15+. The van der Waals surface area contributed by atoms with E-state index in [1.807, 2.05) is 73.1 Å². The van der Waals surface area contributed by atoms with Crippen molar-refractivity contribution >= 4 is 12.1 Å². The average molecular weight is 388 g/mol. The van der Waals surface area contributed by atoms with Gasteiger partial charge in [0.25, 0.3) is 5.91 Å². The molecule has 0 saturated carbocycles. The molecule has 1 N–H and O–H groups in total. The first-order valence-corrected chi connectivity index (χ1v) is 9.88. The highest BCUT2D eigenvalue weighted by molar-refractivity contribution is 5.95. The number of hydrogen-bond acceptors (Lipinski definition) is 4. The highest BCUT2D eigenvalue weighted by Crippen LogP contribution is 2.27. The van der Waals surface area contributed by atoms with Crippen molar-refractivity contribution in [3.05, 3.63) is 77.1 Å². The number of rotatable bonds is 6. The molecular formula is C23H24N4O2. The van der Waals surface area contributed by atoms with Crippen LogP contribution in [0, 0.1) is 0 Å². The average Bonchev–Trinajstić information content (AvgIpc) is 3.31. The van der Waals surface area contributed by atoms with Gasteiger partial charge >= 0.3 is 0 Å². The fourth-order valence-corrected chi connectivity index (χ4v) is 3.56. The summed E-state index contributed by atoms with van der Waals surface area (Å²) >= 11 is 0. The number of para-hydroxylation sites is 1. The molecule has 1 amide bonds. The van der Waals surface area contributed by atoms with Gasteiger partial charge in [0.15, 0.2) is 5.69 Å². The van der Waals surface area contributed by atoms with Crippen molar-refractivity contribution in [2.24, 2.45) is 5.10 Å². The van der Waals surface area contributed by atoms with E-state index in [0.29, 0.717) is 5.69 Å². The molecule has 3 aromatic rings. The third-order valence-corrected chi connectivity index (χ3v) is 4.76. The Balaban J connectivity index is 1.50. The highest BCUT2D eigenvalue weighted by Gasteiger charge is 2.26. The summed E-state index contributed by atoms with van der Waals surface area (Å²) in [6.07, 6.45) is 4.54. The lowest BCUT2D eigenvalue weighted by Crippen LogP contribution is -2.20. The Hall–Kier alpha value is -3.41. The lowest BCUT2D eigenvalue weighted by Gasteiger charge is -2.09. The van der Waals surface area contributed by atoms with Gasteiger partial charge in [-0.2, -0.15) is 10.2 Å². The minimum Gasteiger partial charge on any atom is -0.491 e. The molecule has 0 unspecified atom stereocenters. The molecule has 1 aliphatic rings. The number of fused-ring (bicyclic) bond motifs is 1. The van der Waals surface area contributed by atoms with E-state index < -0.39 is 0 Å². The van der Waals surface area contributed by atoms with Gasteiger partial charge in [-0.15, -0.1) is 0 Å². The van der Waals surface area contributed by atoms with E-state index in [-0.39, 0.29) is 12.0 Å². The van der Waals surface area contributed by atoms with Crippen molar-refractivity contribution in [2.45, 2.75) is 39.2 Å². The Bertz CT molecular complexity index is 1040. The number of ether oxygens (including phenoxy) is 1. The van der Waals surface area contributed by atoms with Crippen LogP contribution in [0.1, 0.15) is 47.6 Å². The van der Waals surface area contributed by atoms with Crippen LogP contribution in [0.3, 0.4) is 0 Å². The Kier molecular flexibility index (Phi) is 5.42. The van der Waals surface area contributed by atoms with Crippen LogP contribution in [0.15, 0.2) is 59.7 Å². The van der Waals surface area contributed by atoms with Gasteiger partial charge in [0.2, 0.25) is 0 Å². The Morgan fingerprint density at radius 1 is 1.17 bits per heavy atom. The van der Waals surface area contributed by atoms with Crippen LogP contribution >= 0.6 is 0 Å². The van der Waals surface area contributed by atoms with E-state index in [2.05, 4.69) is 15.6 Å². The fraction of sp³-hybridized carbons (Fsp3) is 0.261. The zero-order valence-electron chi connectivity index (χ0n) is 16.6. The predicted octanol–water partition coefficient (Wildman–Crippen LogP) is 3.91. The lowest BCUT2D eigenvalue weighted by molar-refractivity contribution is 0.0949. The van der Waals surface area contributed by atoms with Crippen molar-refractivity contribution < 1.29 is 9.53 Å².